The average Bonchev–Trinajstić information content (AvgIpc) is 2.14. The Kier molecular flexibility index (Phi) is 3.92. The van der Waals surface area contributed by atoms with Crippen LogP contribution in [0.15, 0.2) is 30.3 Å². The molecular formula is C12H15N. The molecule has 68 valence electrons. The normalized spacial score (nSPS) is 9.15. The van der Waals surface area contributed by atoms with Crippen LogP contribution in [0.3, 0.4) is 0 Å². The summed E-state index contributed by atoms with van der Waals surface area (Å²) in [6.45, 7) is 4.91. The number of hydrogen-bond acceptors (Lipinski definition) is 1. The Balaban J connectivity index is 2.33. The standard InChI is InChI=1S/C12H15N/c1-11(2)7-6-10-13-12-8-4-3-5-9-12/h3-5,8-9,11,13H,10H2,1-2H3. The largest absolute Gasteiger partial charge is 0.374 e. The Hall–Kier alpha value is -1.42. The first-order chi connectivity index (χ1) is 6.29. The van der Waals surface area contributed by atoms with E-state index in [-0.39, 0.29) is 0 Å². The van der Waals surface area contributed by atoms with E-state index in [9.17, 15) is 0 Å². The molecule has 0 radical (unpaired) electrons. The number of rotatable bonds is 2. The smallest absolute Gasteiger partial charge is 0.0766 e. The Bertz CT molecular complexity index is 290. The molecule has 0 aliphatic carbocycles. The van der Waals surface area contributed by atoms with Crippen molar-refractivity contribution in [3.05, 3.63) is 30.3 Å². The van der Waals surface area contributed by atoms with Gasteiger partial charge < -0.3 is 5.32 Å². The molecule has 1 aromatic carbocycles. The van der Waals surface area contributed by atoms with E-state index in [1.54, 1.807) is 0 Å². The van der Waals surface area contributed by atoms with Crippen LogP contribution in [-0.2, 0) is 0 Å². The highest BCUT2D eigenvalue weighted by Gasteiger charge is 1.85. The number of hydrogen-bond donors (Lipinski definition) is 1. The summed E-state index contributed by atoms with van der Waals surface area (Å²) >= 11 is 0. The van der Waals surface area contributed by atoms with Gasteiger partial charge in [0, 0.05) is 11.6 Å². The quantitative estimate of drug-likeness (QED) is 0.678. The van der Waals surface area contributed by atoms with Gasteiger partial charge in [0.15, 0.2) is 0 Å². The Morgan fingerprint density at radius 3 is 2.54 bits per heavy atom. The van der Waals surface area contributed by atoms with E-state index in [0.717, 1.165) is 12.2 Å². The van der Waals surface area contributed by atoms with Crippen LogP contribution >= 0.6 is 0 Å². The third-order valence-corrected chi connectivity index (χ3v) is 1.55. The molecule has 0 saturated heterocycles. The summed E-state index contributed by atoms with van der Waals surface area (Å²) in [5.41, 5.74) is 1.13. The van der Waals surface area contributed by atoms with Crippen LogP contribution in [0, 0.1) is 17.8 Å². The minimum Gasteiger partial charge on any atom is -0.374 e. The first kappa shape index (κ1) is 9.67. The summed E-state index contributed by atoms with van der Waals surface area (Å²) in [7, 11) is 0. The van der Waals surface area contributed by atoms with Crippen molar-refractivity contribution in [2.24, 2.45) is 5.92 Å². The van der Waals surface area contributed by atoms with Gasteiger partial charge in [0.1, 0.15) is 0 Å². The predicted molar refractivity (Wildman–Crippen MR) is 57.5 cm³/mol. The second kappa shape index (κ2) is 5.27. The van der Waals surface area contributed by atoms with Crippen LogP contribution in [0.4, 0.5) is 5.69 Å². The lowest BCUT2D eigenvalue weighted by atomic mass is 10.2. The van der Waals surface area contributed by atoms with Crippen molar-refractivity contribution in [3.63, 3.8) is 0 Å². The van der Waals surface area contributed by atoms with Crippen molar-refractivity contribution in [1.82, 2.24) is 0 Å². The first-order valence-corrected chi connectivity index (χ1v) is 4.56. The molecule has 0 heterocycles. The molecule has 1 N–H and O–H groups in total. The highest BCUT2D eigenvalue weighted by atomic mass is 14.8. The van der Waals surface area contributed by atoms with Gasteiger partial charge in [0.25, 0.3) is 0 Å². The summed E-state index contributed by atoms with van der Waals surface area (Å²) in [5.74, 6) is 6.63. The number of para-hydroxylation sites is 1. The average molecular weight is 173 g/mol. The maximum atomic E-state index is 3.23. The summed E-state index contributed by atoms with van der Waals surface area (Å²) in [6.07, 6.45) is 0. The fraction of sp³-hybridized carbons (Fsp3) is 0.333. The molecule has 0 spiro atoms. The molecule has 1 aromatic rings. The summed E-state index contributed by atoms with van der Waals surface area (Å²) in [6, 6.07) is 10.1. The fourth-order valence-corrected chi connectivity index (χ4v) is 0.957. The lowest BCUT2D eigenvalue weighted by molar-refractivity contribution is 0.865. The van der Waals surface area contributed by atoms with Crippen molar-refractivity contribution in [2.45, 2.75) is 13.8 Å². The summed E-state index contributed by atoms with van der Waals surface area (Å²) < 4.78 is 0. The van der Waals surface area contributed by atoms with Crippen LogP contribution in [0.5, 0.6) is 0 Å². The maximum Gasteiger partial charge on any atom is 0.0766 e. The minimum absolute atomic E-state index is 0.456. The molecule has 0 aliphatic rings. The molecule has 0 saturated carbocycles. The molecule has 1 rings (SSSR count). The van der Waals surface area contributed by atoms with Gasteiger partial charge in [-0.05, 0) is 12.1 Å². The van der Waals surface area contributed by atoms with E-state index in [4.69, 9.17) is 0 Å². The summed E-state index contributed by atoms with van der Waals surface area (Å²) in [4.78, 5) is 0. The zero-order valence-corrected chi connectivity index (χ0v) is 8.17. The van der Waals surface area contributed by atoms with Gasteiger partial charge in [-0.25, -0.2) is 0 Å². The Labute approximate surface area is 80.2 Å². The van der Waals surface area contributed by atoms with Gasteiger partial charge in [-0.15, -0.1) is 0 Å². The van der Waals surface area contributed by atoms with Gasteiger partial charge in [0.05, 0.1) is 6.54 Å². The predicted octanol–water partition coefficient (Wildman–Crippen LogP) is 2.76. The monoisotopic (exact) mass is 173 g/mol. The van der Waals surface area contributed by atoms with Crippen molar-refractivity contribution in [2.75, 3.05) is 11.9 Å². The molecule has 0 bridgehead atoms. The molecule has 0 aliphatic heterocycles. The highest BCUT2D eigenvalue weighted by Crippen LogP contribution is 2.03. The molecule has 1 heteroatoms. The molecule has 13 heavy (non-hydrogen) atoms. The second-order valence-electron chi connectivity index (χ2n) is 3.20. The lowest BCUT2D eigenvalue weighted by Crippen LogP contribution is -1.98. The molecule has 0 atom stereocenters. The van der Waals surface area contributed by atoms with Gasteiger partial charge in [-0.1, -0.05) is 43.9 Å². The number of benzene rings is 1. The van der Waals surface area contributed by atoms with Crippen LogP contribution in [0.25, 0.3) is 0 Å². The van der Waals surface area contributed by atoms with Crippen LogP contribution in [-0.4, -0.2) is 6.54 Å². The van der Waals surface area contributed by atoms with E-state index in [1.807, 2.05) is 30.3 Å². The van der Waals surface area contributed by atoms with Gasteiger partial charge >= 0.3 is 0 Å². The maximum absolute atomic E-state index is 3.23. The van der Waals surface area contributed by atoms with Crippen molar-refractivity contribution < 1.29 is 0 Å². The van der Waals surface area contributed by atoms with E-state index in [2.05, 4.69) is 31.0 Å². The topological polar surface area (TPSA) is 12.0 Å². The highest BCUT2D eigenvalue weighted by molar-refractivity contribution is 5.43. The van der Waals surface area contributed by atoms with Gasteiger partial charge in [0.2, 0.25) is 0 Å². The summed E-state index contributed by atoms with van der Waals surface area (Å²) in [5, 5.41) is 3.23. The zero-order valence-electron chi connectivity index (χ0n) is 8.17. The number of anilines is 1. The minimum atomic E-state index is 0.456. The first-order valence-electron chi connectivity index (χ1n) is 4.56. The Morgan fingerprint density at radius 1 is 1.23 bits per heavy atom. The van der Waals surface area contributed by atoms with Gasteiger partial charge in [-0.2, -0.15) is 0 Å². The van der Waals surface area contributed by atoms with E-state index < -0.39 is 0 Å². The van der Waals surface area contributed by atoms with E-state index in [0.29, 0.717) is 5.92 Å². The zero-order chi connectivity index (χ0) is 9.52. The molecule has 0 aromatic heterocycles. The molecule has 1 nitrogen and oxygen atoms in total. The van der Waals surface area contributed by atoms with Crippen molar-refractivity contribution >= 4 is 5.69 Å². The molecule has 0 amide bonds. The second-order valence-corrected chi connectivity index (χ2v) is 3.20. The van der Waals surface area contributed by atoms with Crippen LogP contribution < -0.4 is 5.32 Å². The molecule has 0 unspecified atom stereocenters. The van der Waals surface area contributed by atoms with Crippen molar-refractivity contribution in [3.8, 4) is 11.8 Å². The van der Waals surface area contributed by atoms with E-state index >= 15 is 0 Å². The third kappa shape index (κ3) is 4.22. The molecular weight excluding hydrogens is 158 g/mol. The van der Waals surface area contributed by atoms with Gasteiger partial charge in [-0.3, -0.25) is 0 Å². The third-order valence-electron chi connectivity index (χ3n) is 1.55. The fourth-order valence-electron chi connectivity index (χ4n) is 0.957. The molecule has 0 fully saturated rings. The Morgan fingerprint density at radius 2 is 1.92 bits per heavy atom. The van der Waals surface area contributed by atoms with Crippen LogP contribution in [0.1, 0.15) is 13.8 Å². The van der Waals surface area contributed by atoms with E-state index in [1.165, 1.54) is 0 Å². The number of nitrogens with one attached hydrogen (secondary N) is 1. The SMILES string of the molecule is CC(C)C#CCNc1ccccc1. The van der Waals surface area contributed by atoms with Crippen LogP contribution in [0.2, 0.25) is 0 Å². The van der Waals surface area contributed by atoms with Crippen molar-refractivity contribution in [1.29, 1.82) is 0 Å². The lowest BCUT2D eigenvalue weighted by Gasteiger charge is -1.99.